The number of hydrogen-bond acceptors (Lipinski definition) is 6. The van der Waals surface area contributed by atoms with E-state index in [1.165, 1.54) is 126 Å². The summed E-state index contributed by atoms with van der Waals surface area (Å²) in [6.45, 7) is 7.36. The Morgan fingerprint density at radius 1 is 0.614 bits per heavy atom. The number of aromatic carboxylic acids is 2. The number of rotatable bonds is 24. The average Bonchev–Trinajstić information content (AvgIpc) is 3.19. The smallest absolute Gasteiger partial charge is 0.335 e. The number of carboxylic acids is 2. The zero-order valence-corrected chi connectivity index (χ0v) is 34.6. The first-order valence-electron chi connectivity index (χ1n) is 20.9. The molecule has 4 rings (SSSR count). The second kappa shape index (κ2) is 25.2. The van der Waals surface area contributed by atoms with Crippen LogP contribution >= 0.6 is 0 Å². The highest BCUT2D eigenvalue weighted by atomic mass is 16.4. The topological polar surface area (TPSA) is 151 Å². The number of benzene rings is 4. The summed E-state index contributed by atoms with van der Waals surface area (Å²) in [7, 11) is 4.87. The van der Waals surface area contributed by atoms with Crippen LogP contribution in [0.25, 0.3) is 10.8 Å². The fourth-order valence-electron chi connectivity index (χ4n) is 6.78. The van der Waals surface area contributed by atoms with E-state index in [9.17, 15) is 29.7 Å². The van der Waals surface area contributed by atoms with Crippen molar-refractivity contribution in [2.24, 2.45) is 10.2 Å². The molecule has 0 radical (unpaired) electrons. The number of anilines is 1. The van der Waals surface area contributed by atoms with Gasteiger partial charge in [0.2, 0.25) is 0 Å². The quantitative estimate of drug-likeness (QED) is 0.0366. The highest BCUT2D eigenvalue weighted by molar-refractivity contribution is 6.11. The molecule has 0 spiro atoms. The van der Waals surface area contributed by atoms with Crippen LogP contribution in [0.4, 0.5) is 17.1 Å². The van der Waals surface area contributed by atoms with E-state index < -0.39 is 23.6 Å². The predicted molar refractivity (Wildman–Crippen MR) is 229 cm³/mol. The van der Waals surface area contributed by atoms with Crippen molar-refractivity contribution in [1.82, 2.24) is 0 Å². The first-order valence-corrected chi connectivity index (χ1v) is 20.9. The largest absolute Gasteiger partial charge is 0.870 e. The Bertz CT molecular complexity index is 1820. The summed E-state index contributed by atoms with van der Waals surface area (Å²) in [6, 6.07) is 20.1. The molecular formula is C47H64N4O6. The minimum absolute atomic E-state index is 0.0695. The summed E-state index contributed by atoms with van der Waals surface area (Å²) in [6.07, 6.45) is 23.0. The first kappa shape index (κ1) is 46.3. The fourth-order valence-corrected chi connectivity index (χ4v) is 6.78. The van der Waals surface area contributed by atoms with Crippen LogP contribution in [0.2, 0.25) is 0 Å². The van der Waals surface area contributed by atoms with E-state index in [0.717, 1.165) is 18.2 Å². The van der Waals surface area contributed by atoms with Crippen molar-refractivity contribution in [3.05, 3.63) is 95.6 Å². The monoisotopic (exact) mass is 780 g/mol. The van der Waals surface area contributed by atoms with Crippen molar-refractivity contribution < 1.29 is 34.2 Å². The Morgan fingerprint density at radius 3 is 1.60 bits per heavy atom. The maximum absolute atomic E-state index is 13.2. The summed E-state index contributed by atoms with van der Waals surface area (Å²) in [5, 5.41) is 43.3. The summed E-state index contributed by atoms with van der Waals surface area (Å²) < 4.78 is 1.24. The molecule has 0 unspecified atom stereocenters. The van der Waals surface area contributed by atoms with Gasteiger partial charge in [-0.3, -0.25) is 4.79 Å². The second-order valence-corrected chi connectivity index (χ2v) is 15.6. The zero-order chi connectivity index (χ0) is 41.5. The van der Waals surface area contributed by atoms with E-state index in [-0.39, 0.29) is 28.1 Å². The van der Waals surface area contributed by atoms with E-state index in [0.29, 0.717) is 16.5 Å². The number of carboxylic acid groups (broad SMARTS) is 2. The van der Waals surface area contributed by atoms with Crippen molar-refractivity contribution in [3.63, 3.8) is 0 Å². The van der Waals surface area contributed by atoms with Gasteiger partial charge in [-0.25, -0.2) is 9.59 Å². The van der Waals surface area contributed by atoms with Gasteiger partial charge in [0.15, 0.2) is 0 Å². The van der Waals surface area contributed by atoms with E-state index in [2.05, 4.69) is 43.5 Å². The molecule has 10 nitrogen and oxygen atoms in total. The van der Waals surface area contributed by atoms with Crippen LogP contribution < -0.4 is 10.4 Å². The number of quaternary nitrogens is 1. The summed E-state index contributed by atoms with van der Waals surface area (Å²) >= 11 is 0. The third kappa shape index (κ3) is 16.9. The highest BCUT2D eigenvalue weighted by Gasteiger charge is 2.16. The average molecular weight is 781 g/mol. The van der Waals surface area contributed by atoms with E-state index >= 15 is 0 Å². The SMILES string of the molecule is CCCCCCCCCC[N+](C)(C)CCCCCCCCCC.O=C(O)c1cc(N=Nc2c([O-])c(C(=O)Nc3ccccc3)cc3ccccc23)cc(C(=O)O)c1. The van der Waals surface area contributed by atoms with Crippen molar-refractivity contribution in [2.75, 3.05) is 32.5 Å². The molecular weight excluding hydrogens is 717 g/mol. The molecule has 308 valence electrons. The molecule has 4 aromatic rings. The summed E-state index contributed by atoms with van der Waals surface area (Å²) in [5.41, 5.74) is -0.431. The lowest BCUT2D eigenvalue weighted by atomic mass is 10.0. The van der Waals surface area contributed by atoms with Gasteiger partial charge in [-0.2, -0.15) is 10.2 Å². The normalized spacial score (nSPS) is 11.4. The van der Waals surface area contributed by atoms with Crippen LogP contribution in [0, 0.1) is 0 Å². The number of nitrogens with zero attached hydrogens (tertiary/aromatic N) is 3. The zero-order valence-electron chi connectivity index (χ0n) is 34.6. The number of fused-ring (bicyclic) bond motifs is 1. The van der Waals surface area contributed by atoms with Gasteiger partial charge >= 0.3 is 11.9 Å². The fraction of sp³-hybridized carbons (Fsp3) is 0.468. The van der Waals surface area contributed by atoms with Crippen LogP contribution in [0.15, 0.2) is 89.1 Å². The molecule has 10 heteroatoms. The van der Waals surface area contributed by atoms with Crippen molar-refractivity contribution in [2.45, 2.75) is 117 Å². The Morgan fingerprint density at radius 2 is 1.09 bits per heavy atom. The number of azo groups is 1. The Kier molecular flexibility index (Phi) is 20.5. The summed E-state index contributed by atoms with van der Waals surface area (Å²) in [4.78, 5) is 35.5. The Balaban J connectivity index is 0.000000333. The minimum atomic E-state index is -1.34. The number of nitrogens with one attached hydrogen (secondary N) is 1. The number of hydrogen-bond donors (Lipinski definition) is 3. The molecule has 0 aliphatic rings. The van der Waals surface area contributed by atoms with Crippen molar-refractivity contribution in [3.8, 4) is 5.75 Å². The van der Waals surface area contributed by atoms with E-state index in [1.807, 2.05) is 0 Å². The van der Waals surface area contributed by atoms with Gasteiger partial charge in [0, 0.05) is 16.6 Å². The number of amides is 1. The molecule has 3 N–H and O–H groups in total. The molecule has 0 aromatic heterocycles. The van der Waals surface area contributed by atoms with Crippen molar-refractivity contribution in [1.29, 1.82) is 0 Å². The molecule has 0 aliphatic carbocycles. The molecule has 0 aliphatic heterocycles. The van der Waals surface area contributed by atoms with Gasteiger partial charge in [0.1, 0.15) is 0 Å². The number of carbonyl (C=O) groups is 3. The van der Waals surface area contributed by atoms with Gasteiger partial charge in [-0.15, -0.1) is 0 Å². The van der Waals surface area contributed by atoms with Gasteiger partial charge in [0.25, 0.3) is 5.91 Å². The lowest BCUT2D eigenvalue weighted by molar-refractivity contribution is -0.890. The van der Waals surface area contributed by atoms with E-state index in [1.54, 1.807) is 54.6 Å². The third-order valence-corrected chi connectivity index (χ3v) is 10.2. The van der Waals surface area contributed by atoms with Crippen LogP contribution in [0.5, 0.6) is 5.75 Å². The van der Waals surface area contributed by atoms with Crippen LogP contribution in [-0.4, -0.2) is 59.7 Å². The van der Waals surface area contributed by atoms with Gasteiger partial charge < -0.3 is 25.1 Å². The van der Waals surface area contributed by atoms with Crippen LogP contribution in [0.3, 0.4) is 0 Å². The van der Waals surface area contributed by atoms with Gasteiger partial charge in [-0.05, 0) is 67.5 Å². The van der Waals surface area contributed by atoms with Gasteiger partial charge in [0.05, 0.1) is 49.7 Å². The predicted octanol–water partition coefficient (Wildman–Crippen LogP) is 12.3. The first-order chi connectivity index (χ1) is 27.5. The molecule has 1 amide bonds. The molecule has 4 aromatic carbocycles. The highest BCUT2D eigenvalue weighted by Crippen LogP contribution is 2.38. The number of para-hydroxylation sites is 1. The molecule has 0 bridgehead atoms. The maximum atomic E-state index is 13.2. The number of unbranched alkanes of at least 4 members (excludes halogenated alkanes) is 14. The molecule has 0 saturated carbocycles. The van der Waals surface area contributed by atoms with Gasteiger partial charge in [-0.1, -0.05) is 139 Å². The second-order valence-electron chi connectivity index (χ2n) is 15.6. The maximum Gasteiger partial charge on any atom is 0.335 e. The molecule has 0 fully saturated rings. The molecule has 0 saturated heterocycles. The molecule has 57 heavy (non-hydrogen) atoms. The standard InChI is InChI=1S/C25H17N3O6.C22H48N/c29-22-20(23(30)26-17-7-2-1-3-8-17)13-14-6-4-5-9-19(14)21(22)28-27-18-11-15(24(31)32)10-16(12-18)25(33)34;1-5-7-9-11-13-15-17-19-21-23(3,4)22-20-18-16-14-12-10-8-6-2/h1-13,29H,(H,26,30)(H,31,32)(H,33,34);5-22H2,1-4H3/q;+1/p-1. The molecule has 0 heterocycles. The van der Waals surface area contributed by atoms with Crippen LogP contribution in [-0.2, 0) is 0 Å². The lowest BCUT2D eigenvalue weighted by Gasteiger charge is -2.30. The third-order valence-electron chi connectivity index (χ3n) is 10.2. The minimum Gasteiger partial charge on any atom is -0.870 e. The van der Waals surface area contributed by atoms with Crippen molar-refractivity contribution >= 4 is 45.7 Å². The summed E-state index contributed by atoms with van der Waals surface area (Å²) in [5.74, 6) is -3.98. The lowest BCUT2D eigenvalue weighted by Crippen LogP contribution is -2.41. The molecule has 0 atom stereocenters. The van der Waals surface area contributed by atoms with Crippen LogP contribution in [0.1, 0.15) is 148 Å². The number of carbonyl (C=O) groups excluding carboxylic acids is 1. The van der Waals surface area contributed by atoms with E-state index in [4.69, 9.17) is 0 Å². The Hall–Kier alpha value is -5.09. The Labute approximate surface area is 339 Å².